The molecule has 1 aromatic heterocycles. The van der Waals surface area contributed by atoms with E-state index >= 15 is 0 Å². The second-order valence-electron chi connectivity index (χ2n) is 8.83. The Morgan fingerprint density at radius 3 is 1.62 bits per heavy atom. The van der Waals surface area contributed by atoms with Crippen LogP contribution in [0.3, 0.4) is 0 Å². The number of hydrogen-bond acceptors (Lipinski definition) is 1. The van der Waals surface area contributed by atoms with Gasteiger partial charge in [0, 0.05) is 11.9 Å². The minimum Gasteiger partial charge on any atom is -0.673 e. The van der Waals surface area contributed by atoms with E-state index in [4.69, 9.17) is 5.32 Å². The van der Waals surface area contributed by atoms with Gasteiger partial charge in [0.25, 0.3) is 0 Å². The molecule has 1 heterocycles. The summed E-state index contributed by atoms with van der Waals surface area (Å²) in [5, 5.41) is 15.8. The van der Waals surface area contributed by atoms with Crippen molar-refractivity contribution in [2.45, 2.75) is 26.8 Å². The number of benzene rings is 3. The van der Waals surface area contributed by atoms with Crippen molar-refractivity contribution in [1.82, 2.24) is 4.98 Å². The van der Waals surface area contributed by atoms with Crippen LogP contribution in [-0.4, -0.2) is 47.3 Å². The zero-order valence-electron chi connectivity index (χ0n) is 25.0. The first kappa shape index (κ1) is 36.4. The molecule has 4 rings (SSSR count). The molecule has 0 bridgehead atoms. The van der Waals surface area contributed by atoms with Crippen LogP contribution in [-0.2, 0) is 25.8 Å². The van der Waals surface area contributed by atoms with Crippen molar-refractivity contribution in [2.24, 2.45) is 0 Å². The summed E-state index contributed by atoms with van der Waals surface area (Å²) >= 11 is 0. The molecule has 6 heteroatoms. The van der Waals surface area contributed by atoms with Crippen molar-refractivity contribution in [1.29, 1.82) is 0 Å². The third-order valence-corrected chi connectivity index (χ3v) is 5.20. The Morgan fingerprint density at radius 2 is 1.10 bits per heavy atom. The fourth-order valence-corrected chi connectivity index (χ4v) is 3.95. The van der Waals surface area contributed by atoms with Crippen molar-refractivity contribution in [3.8, 4) is 11.1 Å². The van der Waals surface area contributed by atoms with Crippen LogP contribution in [0.5, 0.6) is 0 Å². The molecule has 204 valence electrons. The maximum absolute atomic E-state index is 5.26. The standard InChI is InChI=1S/C27H25N2.3C2H6N.Hf/c1-19-17-20(2)26(21(3)18-19)29-27(25-15-9-10-16-28-25)24-14-8-7-13-23(24)22-11-5-4-6-12-22;3*1-3-2;/h4-18,27H,1-3H3;3*1-2H3;/q4*-1;+4. The van der Waals surface area contributed by atoms with Crippen molar-refractivity contribution >= 4 is 5.69 Å². The Bertz CT molecular complexity index is 1140. The van der Waals surface area contributed by atoms with Gasteiger partial charge in [0.2, 0.25) is 0 Å². The van der Waals surface area contributed by atoms with E-state index < -0.39 is 0 Å². The van der Waals surface area contributed by atoms with Crippen LogP contribution >= 0.6 is 0 Å². The minimum absolute atomic E-state index is 0. The first-order valence-corrected chi connectivity index (χ1v) is 12.7. The van der Waals surface area contributed by atoms with Crippen LogP contribution in [0.1, 0.15) is 34.0 Å². The largest absolute Gasteiger partial charge is 4.00 e. The van der Waals surface area contributed by atoms with Crippen LogP contribution < -0.4 is 0 Å². The Kier molecular flexibility index (Phi) is 19.8. The Labute approximate surface area is 256 Å². The zero-order chi connectivity index (χ0) is 28.3. The molecule has 0 amide bonds. The van der Waals surface area contributed by atoms with Gasteiger partial charge in [-0.3, -0.25) is 4.98 Å². The summed E-state index contributed by atoms with van der Waals surface area (Å²) in [6.07, 6.45) is 1.85. The van der Waals surface area contributed by atoms with E-state index in [0.29, 0.717) is 0 Å². The average Bonchev–Trinajstić information content (AvgIpc) is 2.91. The zero-order valence-corrected chi connectivity index (χ0v) is 28.6. The molecule has 0 radical (unpaired) electrons. The second kappa shape index (κ2) is 21.2. The molecule has 0 fully saturated rings. The van der Waals surface area contributed by atoms with E-state index in [1.54, 1.807) is 42.3 Å². The van der Waals surface area contributed by atoms with Gasteiger partial charge in [0.15, 0.2) is 0 Å². The number of hydrogen-bond donors (Lipinski definition) is 0. The topological polar surface area (TPSA) is 69.3 Å². The summed E-state index contributed by atoms with van der Waals surface area (Å²) in [4.78, 5) is 4.67. The average molecular weight is 688 g/mol. The number of nitrogens with zero attached hydrogens (tertiary/aromatic N) is 5. The third kappa shape index (κ3) is 12.4. The van der Waals surface area contributed by atoms with Gasteiger partial charge in [0.1, 0.15) is 0 Å². The third-order valence-electron chi connectivity index (χ3n) is 5.20. The van der Waals surface area contributed by atoms with Gasteiger partial charge >= 0.3 is 25.8 Å². The summed E-state index contributed by atoms with van der Waals surface area (Å²) in [6, 6.07) is 29.3. The van der Waals surface area contributed by atoms with Crippen LogP contribution in [0.4, 0.5) is 5.69 Å². The van der Waals surface area contributed by atoms with Crippen LogP contribution in [0.25, 0.3) is 32.4 Å². The van der Waals surface area contributed by atoms with Gasteiger partial charge in [-0.2, -0.15) is 42.3 Å². The molecule has 0 aliphatic carbocycles. The number of aryl methyl sites for hydroxylation is 3. The fourth-order valence-electron chi connectivity index (χ4n) is 3.95. The molecular weight excluding hydrogens is 645 g/mol. The van der Waals surface area contributed by atoms with Crippen molar-refractivity contribution in [2.75, 3.05) is 42.3 Å². The van der Waals surface area contributed by atoms with Crippen LogP contribution in [0, 0.1) is 20.8 Å². The molecule has 0 aliphatic rings. The smallest absolute Gasteiger partial charge is 0.673 e. The van der Waals surface area contributed by atoms with E-state index in [1.807, 2.05) is 24.4 Å². The van der Waals surface area contributed by atoms with Gasteiger partial charge < -0.3 is 21.3 Å². The van der Waals surface area contributed by atoms with Crippen molar-refractivity contribution in [3.05, 3.63) is 140 Å². The fraction of sp³-hybridized carbons (Fsp3) is 0.303. The van der Waals surface area contributed by atoms with Gasteiger partial charge in [-0.15, -0.1) is 5.69 Å². The molecule has 39 heavy (non-hydrogen) atoms. The first-order chi connectivity index (χ1) is 18.4. The maximum atomic E-state index is 5.26. The molecular formula is C33H43HfN5. The predicted molar refractivity (Wildman–Crippen MR) is 167 cm³/mol. The van der Waals surface area contributed by atoms with E-state index in [9.17, 15) is 0 Å². The second-order valence-corrected chi connectivity index (χ2v) is 8.83. The van der Waals surface area contributed by atoms with Crippen LogP contribution in [0.15, 0.2) is 91.1 Å². The van der Waals surface area contributed by atoms with Gasteiger partial charge in [-0.25, -0.2) is 0 Å². The van der Waals surface area contributed by atoms with Crippen molar-refractivity contribution in [3.63, 3.8) is 0 Å². The monoisotopic (exact) mass is 689 g/mol. The molecule has 0 aliphatic heterocycles. The number of pyridine rings is 1. The molecule has 4 aromatic rings. The van der Waals surface area contributed by atoms with E-state index in [-0.39, 0.29) is 31.9 Å². The number of rotatable bonds is 5. The predicted octanol–water partition coefficient (Wildman–Crippen LogP) is 9.33. The summed E-state index contributed by atoms with van der Waals surface area (Å²) in [7, 11) is 10.5. The minimum atomic E-state index is -0.173. The molecule has 1 unspecified atom stereocenters. The quantitative estimate of drug-likeness (QED) is 0.193. The maximum Gasteiger partial charge on any atom is 4.00 e. The van der Waals surface area contributed by atoms with Gasteiger partial charge in [0.05, 0.1) is 0 Å². The Morgan fingerprint density at radius 1 is 0.615 bits per heavy atom. The molecule has 0 spiro atoms. The Balaban J connectivity index is 0.00000128. The molecule has 0 saturated heterocycles. The molecule has 0 N–H and O–H groups in total. The molecule has 5 nitrogen and oxygen atoms in total. The first-order valence-electron chi connectivity index (χ1n) is 12.7. The number of aromatic nitrogens is 1. The summed E-state index contributed by atoms with van der Waals surface area (Å²) < 4.78 is 0. The van der Waals surface area contributed by atoms with Crippen LogP contribution in [0.2, 0.25) is 0 Å². The Hall–Kier alpha value is -2.64. The van der Waals surface area contributed by atoms with Gasteiger partial charge in [-0.1, -0.05) is 89.5 Å². The summed E-state index contributed by atoms with van der Waals surface area (Å²) in [5.41, 5.74) is 9.20. The summed E-state index contributed by atoms with van der Waals surface area (Å²) in [5.74, 6) is 0. The van der Waals surface area contributed by atoms with Crippen molar-refractivity contribution < 1.29 is 25.8 Å². The summed E-state index contributed by atoms with van der Waals surface area (Å²) in [6.45, 7) is 6.40. The molecule has 0 saturated carbocycles. The SMILES string of the molecule is C[N-]C.C[N-]C.C[N-]C.Cc1cc(C)c([N-]C(c2ccccn2)c2ccccc2-c2ccccc2)c(C)c1.[Hf+4]. The normalized spacial score (nSPS) is 10.2. The van der Waals surface area contributed by atoms with E-state index in [2.05, 4.69) is 108 Å². The molecule has 1 atom stereocenters. The van der Waals surface area contributed by atoms with E-state index in [1.165, 1.54) is 27.8 Å². The van der Waals surface area contributed by atoms with E-state index in [0.717, 1.165) is 16.9 Å². The molecule has 3 aromatic carbocycles. The van der Waals surface area contributed by atoms with Gasteiger partial charge in [-0.05, 0) is 55.6 Å².